The molecule has 62 valence electrons. The Hall–Kier alpha value is -0.0700. The van der Waals surface area contributed by atoms with Crippen LogP contribution in [0.15, 0.2) is 0 Å². The highest BCUT2D eigenvalue weighted by Gasteiger charge is 2.31. The van der Waals surface area contributed by atoms with Crippen LogP contribution in [0, 0.1) is 10.8 Å². The zero-order valence-corrected chi connectivity index (χ0v) is 8.12. The van der Waals surface area contributed by atoms with E-state index in [2.05, 4.69) is 31.6 Å². The molecular weight excluding hydrogens is 209 g/mol. The van der Waals surface area contributed by atoms with Gasteiger partial charge in [0.15, 0.2) is 5.67 Å². The third kappa shape index (κ3) is 2.46. The van der Waals surface area contributed by atoms with Gasteiger partial charge < -0.3 is 4.90 Å². The number of nitrogens with zero attached hydrogens (tertiary/aromatic N) is 1. The lowest BCUT2D eigenvalue weighted by Gasteiger charge is -2.30. The van der Waals surface area contributed by atoms with Crippen molar-refractivity contribution in [2.45, 2.75) is 18.5 Å². The van der Waals surface area contributed by atoms with Crippen LogP contribution in [-0.2, 0) is 0 Å². The summed E-state index contributed by atoms with van der Waals surface area (Å²) >= 11 is 2.92. The Labute approximate surface area is 75.1 Å². The van der Waals surface area contributed by atoms with E-state index in [-0.39, 0.29) is 0 Å². The zero-order chi connectivity index (χ0) is 8.32. The summed E-state index contributed by atoms with van der Waals surface area (Å²) in [4.78, 5) is 4.58. The largest absolute Gasteiger partial charge is 0.306 e. The van der Waals surface area contributed by atoms with Crippen LogP contribution < -0.4 is 0 Å². The molecular formula is C8H11BrFN. The highest BCUT2D eigenvalue weighted by atomic mass is 79.9. The van der Waals surface area contributed by atoms with Gasteiger partial charge in [0.1, 0.15) is 0 Å². The van der Waals surface area contributed by atoms with Crippen LogP contribution in [0.2, 0.25) is 0 Å². The van der Waals surface area contributed by atoms with Crippen LogP contribution in [0.5, 0.6) is 0 Å². The van der Waals surface area contributed by atoms with Crippen LogP contribution in [0.4, 0.5) is 4.39 Å². The molecule has 3 heteroatoms. The number of piperidine rings is 1. The summed E-state index contributed by atoms with van der Waals surface area (Å²) in [5, 5.41) is 0. The fourth-order valence-electron chi connectivity index (χ4n) is 1.18. The number of alkyl halides is 1. The van der Waals surface area contributed by atoms with Crippen molar-refractivity contribution in [2.75, 3.05) is 20.1 Å². The minimum absolute atomic E-state index is 0.530. The van der Waals surface area contributed by atoms with Gasteiger partial charge in [-0.1, -0.05) is 0 Å². The molecule has 1 aliphatic heterocycles. The van der Waals surface area contributed by atoms with Crippen molar-refractivity contribution < 1.29 is 4.39 Å². The molecule has 0 amide bonds. The molecule has 0 unspecified atom stereocenters. The van der Waals surface area contributed by atoms with Crippen molar-refractivity contribution in [1.29, 1.82) is 0 Å². The first kappa shape index (κ1) is 9.02. The lowest BCUT2D eigenvalue weighted by Crippen LogP contribution is -2.38. The fourth-order valence-corrected chi connectivity index (χ4v) is 1.54. The molecule has 0 N–H and O–H groups in total. The molecule has 0 aromatic heterocycles. The van der Waals surface area contributed by atoms with Gasteiger partial charge in [-0.2, -0.15) is 0 Å². The average Bonchev–Trinajstić information content (AvgIpc) is 1.97. The highest BCUT2D eigenvalue weighted by Crippen LogP contribution is 2.24. The maximum Gasteiger partial charge on any atom is 0.174 e. The third-order valence-electron chi connectivity index (χ3n) is 2.05. The van der Waals surface area contributed by atoms with Crippen LogP contribution in [0.3, 0.4) is 0 Å². The number of hydrogen-bond donors (Lipinski definition) is 0. The second-order valence-electron chi connectivity index (χ2n) is 2.99. The van der Waals surface area contributed by atoms with Gasteiger partial charge in [-0.3, -0.25) is 0 Å². The quantitative estimate of drug-likeness (QED) is 0.562. The highest BCUT2D eigenvalue weighted by molar-refractivity contribution is 9.12. The van der Waals surface area contributed by atoms with Gasteiger partial charge in [0.25, 0.3) is 0 Å². The summed E-state index contributed by atoms with van der Waals surface area (Å²) in [5.41, 5.74) is -1.24. The molecule has 0 aromatic rings. The van der Waals surface area contributed by atoms with E-state index in [4.69, 9.17) is 0 Å². The maximum absolute atomic E-state index is 13.5. The molecule has 11 heavy (non-hydrogen) atoms. The first-order chi connectivity index (χ1) is 5.16. The molecule has 0 saturated carbocycles. The zero-order valence-electron chi connectivity index (χ0n) is 6.53. The van der Waals surface area contributed by atoms with E-state index in [0.717, 1.165) is 13.1 Å². The number of rotatable bonds is 0. The summed E-state index contributed by atoms with van der Waals surface area (Å²) in [6, 6.07) is 0. The van der Waals surface area contributed by atoms with Gasteiger partial charge in [0.05, 0.1) is 0 Å². The Morgan fingerprint density at radius 1 is 1.45 bits per heavy atom. The molecule has 0 bridgehead atoms. The van der Waals surface area contributed by atoms with Gasteiger partial charge in [-0.15, -0.1) is 0 Å². The van der Waals surface area contributed by atoms with Crippen molar-refractivity contribution >= 4 is 15.9 Å². The number of hydrogen-bond acceptors (Lipinski definition) is 1. The lowest BCUT2D eigenvalue weighted by molar-refractivity contribution is 0.121. The van der Waals surface area contributed by atoms with Gasteiger partial charge in [-0.05, 0) is 17.8 Å². The van der Waals surface area contributed by atoms with E-state index in [1.54, 1.807) is 0 Å². The van der Waals surface area contributed by atoms with Crippen molar-refractivity contribution in [1.82, 2.24) is 4.90 Å². The Bertz CT molecular complexity index is 186. The first-order valence-corrected chi connectivity index (χ1v) is 4.46. The van der Waals surface area contributed by atoms with E-state index in [9.17, 15) is 4.39 Å². The predicted octanol–water partition coefficient (Wildman–Crippen LogP) is 1.78. The summed E-state index contributed by atoms with van der Waals surface area (Å²) < 4.78 is 13.5. The van der Waals surface area contributed by atoms with Gasteiger partial charge in [0.2, 0.25) is 0 Å². The first-order valence-electron chi connectivity index (χ1n) is 3.66. The van der Waals surface area contributed by atoms with E-state index >= 15 is 0 Å². The molecule has 0 aromatic carbocycles. The molecule has 0 aliphatic carbocycles. The molecule has 0 spiro atoms. The SMILES string of the molecule is CN1CCC(F)(C#CBr)CC1. The topological polar surface area (TPSA) is 3.24 Å². The average molecular weight is 220 g/mol. The Morgan fingerprint density at radius 3 is 2.45 bits per heavy atom. The Morgan fingerprint density at radius 2 is 2.00 bits per heavy atom. The van der Waals surface area contributed by atoms with Crippen molar-refractivity contribution in [3.63, 3.8) is 0 Å². The Kier molecular flexibility index (Phi) is 2.91. The maximum atomic E-state index is 13.5. The monoisotopic (exact) mass is 219 g/mol. The van der Waals surface area contributed by atoms with Crippen LogP contribution >= 0.6 is 15.9 Å². The van der Waals surface area contributed by atoms with Gasteiger partial charge >= 0.3 is 0 Å². The molecule has 1 rings (SSSR count). The molecule has 1 aliphatic rings. The van der Waals surface area contributed by atoms with E-state index < -0.39 is 5.67 Å². The van der Waals surface area contributed by atoms with Gasteiger partial charge in [0, 0.05) is 41.9 Å². The van der Waals surface area contributed by atoms with Crippen LogP contribution in [0.1, 0.15) is 12.8 Å². The second-order valence-corrected chi connectivity index (χ2v) is 3.38. The predicted molar refractivity (Wildman–Crippen MR) is 47.3 cm³/mol. The normalized spacial score (nSPS) is 23.9. The molecule has 1 saturated heterocycles. The number of halogens is 2. The molecule has 0 radical (unpaired) electrons. The van der Waals surface area contributed by atoms with Gasteiger partial charge in [-0.25, -0.2) is 4.39 Å². The van der Waals surface area contributed by atoms with E-state index in [0.29, 0.717) is 12.8 Å². The minimum Gasteiger partial charge on any atom is -0.306 e. The molecule has 0 atom stereocenters. The summed E-state index contributed by atoms with van der Waals surface area (Å²) in [6.45, 7) is 1.61. The molecule has 1 nitrogen and oxygen atoms in total. The van der Waals surface area contributed by atoms with E-state index in [1.807, 2.05) is 7.05 Å². The lowest BCUT2D eigenvalue weighted by atomic mass is 9.95. The Balaban J connectivity index is 2.52. The van der Waals surface area contributed by atoms with Crippen molar-refractivity contribution in [3.8, 4) is 10.8 Å². The molecule has 1 fully saturated rings. The standard InChI is InChI=1S/C8H11BrFN/c1-11-6-3-8(10,2-5-9)4-7-11/h3-4,6-7H2,1H3. The minimum atomic E-state index is -1.24. The summed E-state index contributed by atoms with van der Waals surface area (Å²) in [6.07, 6.45) is 1.06. The second kappa shape index (κ2) is 3.55. The van der Waals surface area contributed by atoms with Crippen LogP contribution in [-0.4, -0.2) is 30.7 Å². The summed E-state index contributed by atoms with van der Waals surface area (Å²) in [5.74, 6) is 2.55. The molecule has 1 heterocycles. The fraction of sp³-hybridized carbons (Fsp3) is 0.750. The van der Waals surface area contributed by atoms with Crippen molar-refractivity contribution in [2.24, 2.45) is 0 Å². The summed E-state index contributed by atoms with van der Waals surface area (Å²) in [7, 11) is 2.00. The van der Waals surface area contributed by atoms with Crippen LogP contribution in [0.25, 0.3) is 0 Å². The van der Waals surface area contributed by atoms with Crippen molar-refractivity contribution in [3.05, 3.63) is 0 Å². The van der Waals surface area contributed by atoms with E-state index in [1.165, 1.54) is 0 Å². The number of likely N-dealkylation sites (tertiary alicyclic amines) is 1. The smallest absolute Gasteiger partial charge is 0.174 e. The third-order valence-corrected chi connectivity index (χ3v) is 2.25.